The number of nitrogen functional groups attached to an aromatic ring is 1. The molecule has 0 saturated heterocycles. The van der Waals surface area contributed by atoms with Gasteiger partial charge in [0, 0.05) is 17.9 Å². The largest absolute Gasteiger partial charge is 0.399 e. The summed E-state index contributed by atoms with van der Waals surface area (Å²) in [6.45, 7) is 0.655. The van der Waals surface area contributed by atoms with Crippen LogP contribution in [0.4, 0.5) is 23.3 Å². The molecule has 0 amide bonds. The molecule has 0 saturated carbocycles. The van der Waals surface area contributed by atoms with Gasteiger partial charge in [0.15, 0.2) is 0 Å². The standard InChI is InChI=1S/C16H16N6/c17-13-7-4-8-14(9-13)21-16-20-11-19-15(22-16)18-10-12-5-2-1-3-6-12/h1-9,11H,10,17H2,(H2,18,19,20,21,22). The molecule has 0 spiro atoms. The molecule has 6 nitrogen and oxygen atoms in total. The normalized spacial score (nSPS) is 10.2. The first kappa shape index (κ1) is 13.8. The number of nitrogens with one attached hydrogen (secondary N) is 2. The molecule has 0 unspecified atom stereocenters. The fourth-order valence-corrected chi connectivity index (χ4v) is 1.96. The van der Waals surface area contributed by atoms with Gasteiger partial charge in [0.2, 0.25) is 11.9 Å². The first-order chi connectivity index (χ1) is 10.8. The molecule has 0 aliphatic rings. The van der Waals surface area contributed by atoms with E-state index in [0.29, 0.717) is 24.1 Å². The molecule has 2 aromatic carbocycles. The van der Waals surface area contributed by atoms with Gasteiger partial charge in [-0.2, -0.15) is 4.98 Å². The number of nitrogens with two attached hydrogens (primary N) is 1. The summed E-state index contributed by atoms with van der Waals surface area (Å²) < 4.78 is 0. The lowest BCUT2D eigenvalue weighted by molar-refractivity contribution is 1.01. The minimum atomic E-state index is 0.469. The quantitative estimate of drug-likeness (QED) is 0.627. The van der Waals surface area contributed by atoms with Crippen molar-refractivity contribution in [2.75, 3.05) is 16.4 Å². The lowest BCUT2D eigenvalue weighted by Gasteiger charge is -2.08. The van der Waals surface area contributed by atoms with Crippen LogP contribution in [-0.2, 0) is 6.54 Å². The third-order valence-corrected chi connectivity index (χ3v) is 3.01. The molecule has 1 heterocycles. The van der Waals surface area contributed by atoms with Crippen LogP contribution in [0.15, 0.2) is 60.9 Å². The smallest absolute Gasteiger partial charge is 0.231 e. The lowest BCUT2D eigenvalue weighted by atomic mass is 10.2. The van der Waals surface area contributed by atoms with Gasteiger partial charge < -0.3 is 16.4 Å². The van der Waals surface area contributed by atoms with Crippen LogP contribution in [0, 0.1) is 0 Å². The number of aromatic nitrogens is 3. The highest BCUT2D eigenvalue weighted by Gasteiger charge is 2.02. The second-order valence-corrected chi connectivity index (χ2v) is 4.72. The summed E-state index contributed by atoms with van der Waals surface area (Å²) >= 11 is 0. The molecule has 110 valence electrons. The van der Waals surface area contributed by atoms with Gasteiger partial charge in [0.1, 0.15) is 6.33 Å². The van der Waals surface area contributed by atoms with Gasteiger partial charge >= 0.3 is 0 Å². The highest BCUT2D eigenvalue weighted by molar-refractivity contribution is 5.59. The molecule has 0 aliphatic heterocycles. The number of benzene rings is 2. The predicted molar refractivity (Wildman–Crippen MR) is 87.7 cm³/mol. The number of anilines is 4. The molecule has 0 aliphatic carbocycles. The summed E-state index contributed by atoms with van der Waals surface area (Å²) in [5.41, 5.74) is 8.42. The predicted octanol–water partition coefficient (Wildman–Crippen LogP) is 2.81. The maximum absolute atomic E-state index is 5.75. The summed E-state index contributed by atoms with van der Waals surface area (Å²) in [7, 11) is 0. The van der Waals surface area contributed by atoms with Gasteiger partial charge in [-0.25, -0.2) is 9.97 Å². The zero-order valence-corrected chi connectivity index (χ0v) is 11.9. The molecule has 4 N–H and O–H groups in total. The summed E-state index contributed by atoms with van der Waals surface area (Å²) in [6, 6.07) is 17.5. The van der Waals surface area contributed by atoms with Crippen molar-refractivity contribution in [1.29, 1.82) is 0 Å². The summed E-state index contributed by atoms with van der Waals surface area (Å²) in [5, 5.41) is 6.27. The van der Waals surface area contributed by atoms with Gasteiger partial charge in [0.05, 0.1) is 0 Å². The molecule has 22 heavy (non-hydrogen) atoms. The van der Waals surface area contributed by atoms with Gasteiger partial charge in [-0.3, -0.25) is 0 Å². The third-order valence-electron chi connectivity index (χ3n) is 3.01. The van der Waals surface area contributed by atoms with E-state index in [1.54, 1.807) is 0 Å². The van der Waals surface area contributed by atoms with Crippen molar-refractivity contribution in [2.45, 2.75) is 6.54 Å². The Labute approximate surface area is 128 Å². The van der Waals surface area contributed by atoms with Crippen LogP contribution >= 0.6 is 0 Å². The molecule has 0 bridgehead atoms. The highest BCUT2D eigenvalue weighted by atomic mass is 15.2. The van der Waals surface area contributed by atoms with Crippen LogP contribution in [0.25, 0.3) is 0 Å². The molecular weight excluding hydrogens is 276 g/mol. The van der Waals surface area contributed by atoms with Crippen LogP contribution < -0.4 is 16.4 Å². The van der Waals surface area contributed by atoms with E-state index in [0.717, 1.165) is 11.3 Å². The van der Waals surface area contributed by atoms with E-state index >= 15 is 0 Å². The Morgan fingerprint density at radius 1 is 0.909 bits per heavy atom. The molecule has 0 fully saturated rings. The van der Waals surface area contributed by atoms with Crippen LogP contribution in [0.2, 0.25) is 0 Å². The van der Waals surface area contributed by atoms with E-state index in [4.69, 9.17) is 5.73 Å². The van der Waals surface area contributed by atoms with Crippen LogP contribution in [0.3, 0.4) is 0 Å². The third kappa shape index (κ3) is 3.69. The maximum atomic E-state index is 5.75. The van der Waals surface area contributed by atoms with Gasteiger partial charge in [-0.15, -0.1) is 0 Å². The number of nitrogens with zero attached hydrogens (tertiary/aromatic N) is 3. The Bertz CT molecular complexity index is 744. The van der Waals surface area contributed by atoms with Crippen molar-refractivity contribution in [2.24, 2.45) is 0 Å². The Kier molecular flexibility index (Phi) is 4.10. The van der Waals surface area contributed by atoms with Crippen molar-refractivity contribution in [3.63, 3.8) is 0 Å². The monoisotopic (exact) mass is 292 g/mol. The second-order valence-electron chi connectivity index (χ2n) is 4.72. The number of hydrogen-bond acceptors (Lipinski definition) is 6. The fourth-order valence-electron chi connectivity index (χ4n) is 1.96. The molecule has 1 aromatic heterocycles. The van der Waals surface area contributed by atoms with Crippen molar-refractivity contribution < 1.29 is 0 Å². The van der Waals surface area contributed by atoms with Crippen LogP contribution in [0.5, 0.6) is 0 Å². The van der Waals surface area contributed by atoms with Crippen molar-refractivity contribution >= 4 is 23.3 Å². The zero-order chi connectivity index (χ0) is 15.2. The van der Waals surface area contributed by atoms with E-state index in [2.05, 4.69) is 25.6 Å². The Morgan fingerprint density at radius 3 is 2.55 bits per heavy atom. The molecule has 3 aromatic rings. The van der Waals surface area contributed by atoms with Crippen molar-refractivity contribution in [1.82, 2.24) is 15.0 Å². The van der Waals surface area contributed by atoms with E-state index in [-0.39, 0.29) is 0 Å². The first-order valence-corrected chi connectivity index (χ1v) is 6.89. The van der Waals surface area contributed by atoms with E-state index < -0.39 is 0 Å². The van der Waals surface area contributed by atoms with Crippen molar-refractivity contribution in [3.8, 4) is 0 Å². The van der Waals surface area contributed by atoms with Crippen molar-refractivity contribution in [3.05, 3.63) is 66.5 Å². The molecule has 0 radical (unpaired) electrons. The molecular formula is C16H16N6. The minimum Gasteiger partial charge on any atom is -0.399 e. The topological polar surface area (TPSA) is 88.8 Å². The van der Waals surface area contributed by atoms with Gasteiger partial charge in [-0.1, -0.05) is 36.4 Å². The first-order valence-electron chi connectivity index (χ1n) is 6.89. The summed E-state index contributed by atoms with van der Waals surface area (Å²) in [4.78, 5) is 12.5. The summed E-state index contributed by atoms with van der Waals surface area (Å²) in [5.74, 6) is 0.987. The Hall–Kier alpha value is -3.15. The maximum Gasteiger partial charge on any atom is 0.231 e. The highest BCUT2D eigenvalue weighted by Crippen LogP contribution is 2.16. The molecule has 6 heteroatoms. The van der Waals surface area contributed by atoms with E-state index in [1.807, 2.05) is 54.6 Å². The summed E-state index contributed by atoms with van der Waals surface area (Å²) in [6.07, 6.45) is 1.47. The van der Waals surface area contributed by atoms with E-state index in [9.17, 15) is 0 Å². The number of hydrogen-bond donors (Lipinski definition) is 3. The number of rotatable bonds is 5. The molecule has 3 rings (SSSR count). The Morgan fingerprint density at radius 2 is 1.73 bits per heavy atom. The molecule has 0 atom stereocenters. The van der Waals surface area contributed by atoms with Gasteiger partial charge in [-0.05, 0) is 23.8 Å². The van der Waals surface area contributed by atoms with Crippen LogP contribution in [-0.4, -0.2) is 15.0 Å². The fraction of sp³-hybridized carbons (Fsp3) is 0.0625. The lowest BCUT2D eigenvalue weighted by Crippen LogP contribution is -2.06. The SMILES string of the molecule is Nc1cccc(Nc2ncnc(NCc3ccccc3)n2)c1. The second kappa shape index (κ2) is 6.53. The zero-order valence-electron chi connectivity index (χ0n) is 11.9. The van der Waals surface area contributed by atoms with E-state index in [1.165, 1.54) is 6.33 Å². The minimum absolute atomic E-state index is 0.469. The van der Waals surface area contributed by atoms with Gasteiger partial charge in [0.25, 0.3) is 0 Å². The average Bonchev–Trinajstić information content (AvgIpc) is 2.54. The average molecular weight is 292 g/mol. The van der Waals surface area contributed by atoms with Crippen LogP contribution in [0.1, 0.15) is 5.56 Å². The Balaban J connectivity index is 1.67.